The van der Waals surface area contributed by atoms with E-state index in [1.54, 1.807) is 0 Å². The molecular formula is C26H52O4S2Sn. The van der Waals surface area contributed by atoms with Crippen LogP contribution < -0.4 is 10.2 Å². The summed E-state index contributed by atoms with van der Waals surface area (Å²) in [7, 11) is 0. The molecule has 0 aromatic rings. The van der Waals surface area contributed by atoms with E-state index >= 15 is 0 Å². The summed E-state index contributed by atoms with van der Waals surface area (Å²) in [4.78, 5) is 25.3. The van der Waals surface area contributed by atoms with Crippen molar-refractivity contribution in [1.82, 2.24) is 0 Å². The molecule has 2 atom stereocenters. The van der Waals surface area contributed by atoms with Crippen molar-refractivity contribution in [2.75, 3.05) is 0 Å². The summed E-state index contributed by atoms with van der Waals surface area (Å²) in [5.74, 6) is -0.494. The molecule has 0 heterocycles. The maximum absolute atomic E-state index is 10.4. The van der Waals surface area contributed by atoms with Crippen LogP contribution in [-0.4, -0.2) is 43.6 Å². The van der Waals surface area contributed by atoms with Gasteiger partial charge in [0.2, 0.25) is 0 Å². The summed E-state index contributed by atoms with van der Waals surface area (Å²) >= 11 is 8.10. The first-order chi connectivity index (χ1) is 15.5. The van der Waals surface area contributed by atoms with Gasteiger partial charge in [-0.2, -0.15) is 25.3 Å². The van der Waals surface area contributed by atoms with Crippen molar-refractivity contribution >= 4 is 58.3 Å². The van der Waals surface area contributed by atoms with E-state index in [-0.39, 0.29) is 21.1 Å². The summed E-state index contributed by atoms with van der Waals surface area (Å²) in [6.07, 6.45) is 15.5. The van der Waals surface area contributed by atoms with E-state index in [4.69, 9.17) is 0 Å². The van der Waals surface area contributed by atoms with Gasteiger partial charge in [-0.1, -0.05) is 105 Å². The van der Waals surface area contributed by atoms with Gasteiger partial charge < -0.3 is 19.8 Å². The average Bonchev–Trinajstić information content (AvgIpc) is 2.72. The fourth-order valence-electron chi connectivity index (χ4n) is 3.08. The van der Waals surface area contributed by atoms with Crippen LogP contribution in [-0.2, 0) is 9.59 Å². The van der Waals surface area contributed by atoms with Crippen LogP contribution in [0.2, 0.25) is 9.88 Å². The zero-order valence-electron chi connectivity index (χ0n) is 22.2. The van der Waals surface area contributed by atoms with Crippen molar-refractivity contribution in [1.29, 1.82) is 0 Å². The van der Waals surface area contributed by atoms with Crippen molar-refractivity contribution in [2.24, 2.45) is 11.8 Å². The molecule has 0 aliphatic carbocycles. The zero-order chi connectivity index (χ0) is 26.1. The Hall–Kier alpha value is 0.439. The average molecular weight is 612 g/mol. The van der Waals surface area contributed by atoms with Gasteiger partial charge in [0.05, 0.1) is 11.9 Å². The third kappa shape index (κ3) is 37.2. The van der Waals surface area contributed by atoms with E-state index in [0.717, 1.165) is 37.5 Å². The third-order valence-corrected chi connectivity index (χ3v) is 6.00. The molecule has 0 saturated carbocycles. The van der Waals surface area contributed by atoms with Crippen LogP contribution in [0.15, 0.2) is 0 Å². The van der Waals surface area contributed by atoms with Gasteiger partial charge in [-0.15, -0.1) is 0 Å². The van der Waals surface area contributed by atoms with Gasteiger partial charge in [0.25, 0.3) is 0 Å². The molecule has 4 nitrogen and oxygen atoms in total. The molecule has 7 heteroatoms. The van der Waals surface area contributed by atoms with E-state index in [2.05, 4.69) is 62.8 Å². The molecule has 2 unspecified atom stereocenters. The summed E-state index contributed by atoms with van der Waals surface area (Å²) in [6, 6.07) is 0. The Morgan fingerprint density at radius 1 is 0.576 bits per heavy atom. The molecular weight excluding hydrogens is 559 g/mol. The summed E-state index contributed by atoms with van der Waals surface area (Å²) in [6.45, 7) is 8.97. The molecule has 0 radical (unpaired) electrons. The van der Waals surface area contributed by atoms with Crippen molar-refractivity contribution in [3.63, 3.8) is 0 Å². The molecule has 0 fully saturated rings. The fourth-order valence-corrected chi connectivity index (χ4v) is 3.44. The molecule has 0 spiro atoms. The van der Waals surface area contributed by atoms with E-state index in [1.165, 1.54) is 51.4 Å². The molecule has 0 bridgehead atoms. The normalized spacial score (nSPS) is 12.2. The van der Waals surface area contributed by atoms with Gasteiger partial charge in [-0.25, -0.2) is 0 Å². The molecule has 0 rings (SSSR count). The Labute approximate surface area is 226 Å². The first kappa shape index (κ1) is 38.0. The minimum atomic E-state index is -1.04. The van der Waals surface area contributed by atoms with Gasteiger partial charge in [-0.05, 0) is 24.7 Å². The number of carbonyl (C=O) groups is 2. The fraction of sp³-hybridized carbons (Fsp3) is 0.923. The third-order valence-electron chi connectivity index (χ3n) is 5.06. The minimum absolute atomic E-state index is 0.230. The Balaban J connectivity index is -0.000000487. The number of hydrogen-bond donors (Lipinski definition) is 2. The van der Waals surface area contributed by atoms with Crippen LogP contribution >= 0.6 is 25.3 Å². The number of hydrogen-bond acceptors (Lipinski definition) is 6. The molecule has 0 amide bonds. The zero-order valence-corrected chi connectivity index (χ0v) is 26.9. The molecule has 0 aliphatic heterocycles. The predicted molar refractivity (Wildman–Crippen MR) is 147 cm³/mol. The van der Waals surface area contributed by atoms with Gasteiger partial charge in [0.1, 0.15) is 0 Å². The summed E-state index contributed by atoms with van der Waals surface area (Å²) in [5.41, 5.74) is 0. The second-order valence-corrected chi connectivity index (χ2v) is 13.7. The second kappa shape index (κ2) is 28.7. The van der Waals surface area contributed by atoms with Crippen LogP contribution in [0.25, 0.3) is 0 Å². The molecule has 0 N–H and O–H groups in total. The molecule has 33 heavy (non-hydrogen) atoms. The Kier molecular flexibility index (Phi) is 33.0. The van der Waals surface area contributed by atoms with E-state index in [1.807, 2.05) is 0 Å². The maximum atomic E-state index is 10.4. The van der Waals surface area contributed by atoms with Crippen molar-refractivity contribution in [2.45, 2.75) is 138 Å². The molecule has 0 aromatic heterocycles. The first-order valence-corrected chi connectivity index (χ1v) is 19.6. The Morgan fingerprint density at radius 2 is 0.788 bits per heavy atom. The number of carboxylic acids is 2. The number of thiol groups is 2. The molecule has 0 saturated heterocycles. The molecule has 0 aromatic carbocycles. The number of unbranched alkanes of at least 4 members (excludes halogenated alkanes) is 8. The van der Waals surface area contributed by atoms with Gasteiger partial charge >= 0.3 is 31.0 Å². The van der Waals surface area contributed by atoms with Gasteiger partial charge in [0.15, 0.2) is 0 Å². The van der Waals surface area contributed by atoms with Crippen LogP contribution in [0.5, 0.6) is 0 Å². The number of carbonyl (C=O) groups excluding carboxylic acids is 2. The number of aliphatic carboxylic acids is 2. The van der Waals surface area contributed by atoms with Gasteiger partial charge in [0, 0.05) is 10.5 Å². The van der Waals surface area contributed by atoms with E-state index in [9.17, 15) is 19.8 Å². The predicted octanol–water partition coefficient (Wildman–Crippen LogP) is 5.63. The van der Waals surface area contributed by atoms with Crippen molar-refractivity contribution < 1.29 is 19.8 Å². The van der Waals surface area contributed by atoms with Gasteiger partial charge in [-0.3, -0.25) is 0 Å². The van der Waals surface area contributed by atoms with E-state index in [0.29, 0.717) is 12.8 Å². The monoisotopic (exact) mass is 612 g/mol. The van der Waals surface area contributed by atoms with Crippen LogP contribution in [0.4, 0.5) is 0 Å². The van der Waals surface area contributed by atoms with Crippen LogP contribution in [0.1, 0.15) is 118 Å². The topological polar surface area (TPSA) is 80.3 Å². The molecule has 0 aliphatic rings. The second-order valence-electron chi connectivity index (χ2n) is 9.65. The Bertz CT molecular complexity index is 397. The quantitative estimate of drug-likeness (QED) is 0.120. The first-order valence-electron chi connectivity index (χ1n) is 12.9. The van der Waals surface area contributed by atoms with E-state index < -0.39 is 22.4 Å². The SMILES string of the molecule is CC(C)CCCCCCCC(S)C(=O)[O-].CC(C)CCCCCCCC(S)C(=O)[O-].[CH3][Sn+2][CH3]. The number of rotatable bonds is 18. The van der Waals surface area contributed by atoms with Crippen molar-refractivity contribution in [3.05, 3.63) is 0 Å². The molecule has 196 valence electrons. The summed E-state index contributed by atoms with van der Waals surface area (Å²) in [5, 5.41) is 19.5. The van der Waals surface area contributed by atoms with Crippen LogP contribution in [0, 0.1) is 11.8 Å². The summed E-state index contributed by atoms with van der Waals surface area (Å²) < 4.78 is 0. The van der Waals surface area contributed by atoms with Crippen LogP contribution in [0.3, 0.4) is 0 Å². The Morgan fingerprint density at radius 3 is 1.00 bits per heavy atom. The number of carboxylic acid groups (broad SMARTS) is 2. The standard InChI is InChI=1S/2C12H24O2S.2CH3.Sn/c2*1-10(2)8-6-4-3-5-7-9-11(15)12(13)14;;;/h2*10-11,15H,3-9H2,1-2H3,(H,13,14);2*1H3;/q;;;;+2/p-2. The van der Waals surface area contributed by atoms with Crippen molar-refractivity contribution in [3.8, 4) is 0 Å².